The Morgan fingerprint density at radius 3 is 2.48 bits per heavy atom. The minimum atomic E-state index is -0.667. The van der Waals surface area contributed by atoms with E-state index in [0.29, 0.717) is 23.6 Å². The number of halogens is 1. The van der Waals surface area contributed by atoms with Crippen molar-refractivity contribution in [1.29, 1.82) is 0 Å². The topological polar surface area (TPSA) is 57.6 Å². The number of carbonyl (C=O) groups is 2. The van der Waals surface area contributed by atoms with Gasteiger partial charge in [0.15, 0.2) is 0 Å². The van der Waals surface area contributed by atoms with Gasteiger partial charge in [0.2, 0.25) is 0 Å². The van der Waals surface area contributed by atoms with Crippen LogP contribution in [0.4, 0.5) is 0 Å². The van der Waals surface area contributed by atoms with Gasteiger partial charge in [-0.1, -0.05) is 61.0 Å². The van der Waals surface area contributed by atoms with Crippen molar-refractivity contribution in [3.05, 3.63) is 76.3 Å². The van der Waals surface area contributed by atoms with Crippen LogP contribution in [0.5, 0.6) is 0 Å². The smallest absolute Gasteiger partial charge is 0.295 e. The second-order valence-electron chi connectivity index (χ2n) is 5.91. The molecule has 128 valence electrons. The Balaban J connectivity index is 2.19. The van der Waals surface area contributed by atoms with E-state index in [4.69, 9.17) is 11.6 Å². The van der Waals surface area contributed by atoms with E-state index < -0.39 is 17.7 Å². The fourth-order valence-electron chi connectivity index (χ4n) is 3.12. The molecule has 0 saturated carbocycles. The van der Waals surface area contributed by atoms with Crippen LogP contribution < -0.4 is 0 Å². The number of hydrogen-bond donors (Lipinski definition) is 1. The number of hydrogen-bond acceptors (Lipinski definition) is 3. The monoisotopic (exact) mass is 355 g/mol. The molecule has 2 aromatic rings. The number of aliphatic hydroxyl groups is 1. The van der Waals surface area contributed by atoms with Crippen molar-refractivity contribution in [2.45, 2.75) is 19.4 Å². The van der Waals surface area contributed by atoms with Crippen LogP contribution in [0.15, 0.2) is 60.2 Å². The zero-order valence-corrected chi connectivity index (χ0v) is 14.5. The van der Waals surface area contributed by atoms with E-state index in [1.807, 2.05) is 37.3 Å². The van der Waals surface area contributed by atoms with Crippen LogP contribution in [0.1, 0.15) is 30.5 Å². The second kappa shape index (κ2) is 7.11. The molecular weight excluding hydrogens is 338 g/mol. The molecular formula is C20H18ClNO3. The normalized spacial score (nSPS) is 19.4. The lowest BCUT2D eigenvalue weighted by molar-refractivity contribution is -0.139. The molecule has 1 heterocycles. The van der Waals surface area contributed by atoms with Crippen LogP contribution in [0.2, 0.25) is 5.02 Å². The summed E-state index contributed by atoms with van der Waals surface area (Å²) in [6.07, 6.45) is 0.716. The first kappa shape index (κ1) is 17.2. The molecule has 1 fully saturated rings. The number of likely N-dealkylation sites (tertiary alicyclic amines) is 1. The minimum absolute atomic E-state index is 0.104. The maximum Gasteiger partial charge on any atom is 0.295 e. The largest absolute Gasteiger partial charge is 0.507 e. The van der Waals surface area contributed by atoms with Crippen molar-refractivity contribution in [3.63, 3.8) is 0 Å². The maximum absolute atomic E-state index is 12.6. The van der Waals surface area contributed by atoms with Gasteiger partial charge in [0.05, 0.1) is 11.6 Å². The van der Waals surface area contributed by atoms with E-state index in [1.54, 1.807) is 24.3 Å². The third-order valence-electron chi connectivity index (χ3n) is 4.22. The molecule has 0 aliphatic carbocycles. The Bertz CT molecular complexity index is 845. The number of ketones is 1. The molecule has 4 nitrogen and oxygen atoms in total. The third kappa shape index (κ3) is 3.17. The van der Waals surface area contributed by atoms with Crippen LogP contribution in [0.25, 0.3) is 5.76 Å². The van der Waals surface area contributed by atoms with Crippen molar-refractivity contribution in [1.82, 2.24) is 4.90 Å². The van der Waals surface area contributed by atoms with Crippen LogP contribution in [-0.2, 0) is 9.59 Å². The molecule has 3 rings (SSSR count). The van der Waals surface area contributed by atoms with Gasteiger partial charge in [-0.05, 0) is 24.1 Å². The fourth-order valence-corrected chi connectivity index (χ4v) is 3.31. The molecule has 0 bridgehead atoms. The summed E-state index contributed by atoms with van der Waals surface area (Å²) in [6, 6.07) is 15.3. The predicted octanol–water partition coefficient (Wildman–Crippen LogP) is 4.17. The summed E-state index contributed by atoms with van der Waals surface area (Å²) < 4.78 is 0. The molecule has 25 heavy (non-hydrogen) atoms. The van der Waals surface area contributed by atoms with Crippen molar-refractivity contribution < 1.29 is 14.7 Å². The van der Waals surface area contributed by atoms with Crippen molar-refractivity contribution in [3.8, 4) is 0 Å². The van der Waals surface area contributed by atoms with Crippen molar-refractivity contribution >= 4 is 29.1 Å². The summed E-state index contributed by atoms with van der Waals surface area (Å²) in [5.74, 6) is -1.45. The number of Topliss-reactive ketones (excluding diaryl/α,β-unsaturated/α-hetero) is 1. The molecule has 1 aliphatic rings. The first-order valence-corrected chi connectivity index (χ1v) is 8.51. The molecule has 0 aromatic heterocycles. The number of benzene rings is 2. The van der Waals surface area contributed by atoms with Crippen LogP contribution >= 0.6 is 11.6 Å². The van der Waals surface area contributed by atoms with Gasteiger partial charge in [-0.2, -0.15) is 0 Å². The number of aliphatic hydroxyl groups excluding tert-OH is 1. The Morgan fingerprint density at radius 1 is 1.12 bits per heavy atom. The summed E-state index contributed by atoms with van der Waals surface area (Å²) in [4.78, 5) is 26.7. The highest BCUT2D eigenvalue weighted by Crippen LogP contribution is 2.39. The lowest BCUT2D eigenvalue weighted by Crippen LogP contribution is -2.30. The summed E-state index contributed by atoms with van der Waals surface area (Å²) >= 11 is 6.00. The van der Waals surface area contributed by atoms with Crippen LogP contribution in [0.3, 0.4) is 0 Å². The first-order valence-electron chi connectivity index (χ1n) is 8.14. The quantitative estimate of drug-likeness (QED) is 0.508. The highest BCUT2D eigenvalue weighted by Gasteiger charge is 2.45. The zero-order chi connectivity index (χ0) is 18.0. The van der Waals surface area contributed by atoms with Gasteiger partial charge in [-0.3, -0.25) is 9.59 Å². The van der Waals surface area contributed by atoms with E-state index in [2.05, 4.69) is 0 Å². The van der Waals surface area contributed by atoms with Gasteiger partial charge in [0.1, 0.15) is 5.76 Å². The van der Waals surface area contributed by atoms with Crippen molar-refractivity contribution in [2.24, 2.45) is 0 Å². The van der Waals surface area contributed by atoms with E-state index in [0.717, 1.165) is 5.56 Å². The molecule has 1 unspecified atom stereocenters. The minimum Gasteiger partial charge on any atom is -0.507 e. The van der Waals surface area contributed by atoms with Crippen LogP contribution in [0, 0.1) is 0 Å². The summed E-state index contributed by atoms with van der Waals surface area (Å²) in [5.41, 5.74) is 1.31. The highest BCUT2D eigenvalue weighted by atomic mass is 35.5. The molecule has 0 spiro atoms. The SMILES string of the molecule is CCCN1C(=O)C(=O)/C(=C(\O)c2cccc(Cl)c2)C1c1ccccc1. The Morgan fingerprint density at radius 2 is 1.84 bits per heavy atom. The fraction of sp³-hybridized carbons (Fsp3) is 0.200. The molecule has 1 saturated heterocycles. The molecule has 1 aliphatic heterocycles. The summed E-state index contributed by atoms with van der Waals surface area (Å²) in [7, 11) is 0. The van der Waals surface area contributed by atoms with E-state index in [1.165, 1.54) is 4.90 Å². The average Bonchev–Trinajstić information content (AvgIpc) is 2.87. The number of carbonyl (C=O) groups excluding carboxylic acids is 2. The molecule has 1 amide bonds. The summed E-state index contributed by atoms with van der Waals surface area (Å²) in [6.45, 7) is 2.38. The molecule has 1 N–H and O–H groups in total. The van der Waals surface area contributed by atoms with Gasteiger partial charge in [0.25, 0.3) is 11.7 Å². The number of amides is 1. The summed E-state index contributed by atoms with van der Waals surface area (Å²) in [5, 5.41) is 11.2. The first-order chi connectivity index (χ1) is 12.0. The van der Waals surface area contributed by atoms with Gasteiger partial charge < -0.3 is 10.0 Å². The van der Waals surface area contributed by atoms with Crippen LogP contribution in [-0.4, -0.2) is 28.2 Å². The third-order valence-corrected chi connectivity index (χ3v) is 4.45. The Hall–Kier alpha value is -2.59. The zero-order valence-electron chi connectivity index (χ0n) is 13.8. The lowest BCUT2D eigenvalue weighted by atomic mass is 9.95. The number of nitrogens with zero attached hydrogens (tertiary/aromatic N) is 1. The average molecular weight is 356 g/mol. The second-order valence-corrected chi connectivity index (χ2v) is 6.35. The van der Waals surface area contributed by atoms with Crippen molar-refractivity contribution in [2.75, 3.05) is 6.54 Å². The van der Waals surface area contributed by atoms with Gasteiger partial charge in [-0.15, -0.1) is 0 Å². The molecule has 0 radical (unpaired) electrons. The maximum atomic E-state index is 12.6. The van der Waals surface area contributed by atoms with Gasteiger partial charge in [0, 0.05) is 17.1 Å². The van der Waals surface area contributed by atoms with E-state index in [-0.39, 0.29) is 11.3 Å². The molecule has 5 heteroatoms. The van der Waals surface area contributed by atoms with Gasteiger partial charge in [-0.25, -0.2) is 0 Å². The van der Waals surface area contributed by atoms with Gasteiger partial charge >= 0.3 is 0 Å². The Kier molecular flexibility index (Phi) is 4.91. The standard InChI is InChI=1S/C20H18ClNO3/c1-2-11-22-17(13-7-4-3-5-8-13)16(19(24)20(22)25)18(23)14-9-6-10-15(21)12-14/h3-10,12,17,23H,2,11H2,1H3/b18-16-. The van der Waals surface area contributed by atoms with E-state index in [9.17, 15) is 14.7 Å². The predicted molar refractivity (Wildman–Crippen MR) is 97.2 cm³/mol. The molecule has 1 atom stereocenters. The lowest BCUT2D eigenvalue weighted by Gasteiger charge is -2.24. The Labute approximate surface area is 151 Å². The highest BCUT2D eigenvalue weighted by molar-refractivity contribution is 6.46. The molecule has 2 aromatic carbocycles. The van der Waals surface area contributed by atoms with E-state index >= 15 is 0 Å². The number of rotatable bonds is 4.